The molecular formula is C14H32N2O. The predicted molar refractivity (Wildman–Crippen MR) is 75.5 cm³/mol. The average molecular weight is 244 g/mol. The maximum absolute atomic E-state index is 5.24. The number of hydrogen-bond donors (Lipinski definition) is 1. The number of hydrogen-bond acceptors (Lipinski definition) is 3. The summed E-state index contributed by atoms with van der Waals surface area (Å²) in [5, 5.41) is 3.28. The molecule has 0 amide bonds. The van der Waals surface area contributed by atoms with Crippen molar-refractivity contribution in [3.63, 3.8) is 0 Å². The Balaban J connectivity index is 4.52. The normalized spacial score (nSPS) is 15.5. The Kier molecular flexibility index (Phi) is 9.79. The molecule has 2 atom stereocenters. The Morgan fingerprint density at radius 2 is 1.76 bits per heavy atom. The van der Waals surface area contributed by atoms with Crippen molar-refractivity contribution in [3.8, 4) is 0 Å². The van der Waals surface area contributed by atoms with Gasteiger partial charge in [-0.25, -0.2) is 0 Å². The van der Waals surface area contributed by atoms with E-state index in [1.54, 1.807) is 7.11 Å². The molecule has 2 unspecified atom stereocenters. The van der Waals surface area contributed by atoms with Crippen LogP contribution in [0.1, 0.15) is 40.5 Å². The Morgan fingerprint density at radius 1 is 1.18 bits per heavy atom. The smallest absolute Gasteiger partial charge is 0.0589 e. The highest BCUT2D eigenvalue weighted by atomic mass is 16.5. The monoisotopic (exact) mass is 244 g/mol. The summed E-state index contributed by atoms with van der Waals surface area (Å²) < 4.78 is 5.24. The number of nitrogens with one attached hydrogen (secondary N) is 1. The lowest BCUT2D eigenvalue weighted by molar-refractivity contribution is 0.0648. The fourth-order valence-corrected chi connectivity index (χ4v) is 2.49. The quantitative estimate of drug-likeness (QED) is 0.638. The molecule has 104 valence electrons. The summed E-state index contributed by atoms with van der Waals surface area (Å²) in [6, 6.07) is 1.28. The molecule has 0 aliphatic carbocycles. The van der Waals surface area contributed by atoms with E-state index in [1.807, 2.05) is 7.05 Å². The topological polar surface area (TPSA) is 24.5 Å². The Hall–Kier alpha value is -0.120. The molecule has 0 heterocycles. The standard InChI is InChI=1S/C14H32N2O/c1-7-14(8-2)16(9-10-17-6)13(4)12(3)11-15-5/h12-15H,7-11H2,1-6H3. The minimum Gasteiger partial charge on any atom is -0.383 e. The molecule has 0 bridgehead atoms. The van der Waals surface area contributed by atoms with Gasteiger partial charge in [-0.1, -0.05) is 20.8 Å². The van der Waals surface area contributed by atoms with E-state index in [1.165, 1.54) is 12.8 Å². The van der Waals surface area contributed by atoms with Gasteiger partial charge in [0.2, 0.25) is 0 Å². The van der Waals surface area contributed by atoms with E-state index in [4.69, 9.17) is 4.74 Å². The van der Waals surface area contributed by atoms with Gasteiger partial charge in [0.15, 0.2) is 0 Å². The van der Waals surface area contributed by atoms with Gasteiger partial charge in [-0.2, -0.15) is 0 Å². The van der Waals surface area contributed by atoms with E-state index in [9.17, 15) is 0 Å². The molecule has 0 saturated carbocycles. The van der Waals surface area contributed by atoms with Crippen molar-refractivity contribution in [1.82, 2.24) is 10.2 Å². The summed E-state index contributed by atoms with van der Waals surface area (Å²) in [5.74, 6) is 0.664. The number of nitrogens with zero attached hydrogens (tertiary/aromatic N) is 1. The average Bonchev–Trinajstić information content (AvgIpc) is 2.34. The molecule has 0 rings (SSSR count). The van der Waals surface area contributed by atoms with Gasteiger partial charge < -0.3 is 10.1 Å². The molecule has 1 N–H and O–H groups in total. The fraction of sp³-hybridized carbons (Fsp3) is 1.00. The highest BCUT2D eigenvalue weighted by Gasteiger charge is 2.24. The zero-order valence-electron chi connectivity index (χ0n) is 12.6. The summed E-state index contributed by atoms with van der Waals surface area (Å²) in [7, 11) is 3.81. The molecule has 0 spiro atoms. The zero-order chi connectivity index (χ0) is 13.3. The van der Waals surface area contributed by atoms with Gasteiger partial charge >= 0.3 is 0 Å². The Morgan fingerprint density at radius 3 is 2.18 bits per heavy atom. The molecular weight excluding hydrogens is 212 g/mol. The first-order valence-corrected chi connectivity index (χ1v) is 7.01. The van der Waals surface area contributed by atoms with Crippen LogP contribution in [0, 0.1) is 5.92 Å². The molecule has 0 aromatic rings. The summed E-state index contributed by atoms with van der Waals surface area (Å²) >= 11 is 0. The minimum atomic E-state index is 0.600. The van der Waals surface area contributed by atoms with Crippen molar-refractivity contribution in [3.05, 3.63) is 0 Å². The van der Waals surface area contributed by atoms with E-state index in [0.29, 0.717) is 18.0 Å². The van der Waals surface area contributed by atoms with Crippen molar-refractivity contribution in [1.29, 1.82) is 0 Å². The third kappa shape index (κ3) is 5.84. The first-order valence-electron chi connectivity index (χ1n) is 7.01. The van der Waals surface area contributed by atoms with Crippen LogP contribution >= 0.6 is 0 Å². The zero-order valence-corrected chi connectivity index (χ0v) is 12.6. The third-order valence-corrected chi connectivity index (χ3v) is 3.84. The second-order valence-corrected chi connectivity index (χ2v) is 4.98. The van der Waals surface area contributed by atoms with Gasteiger partial charge in [-0.05, 0) is 39.3 Å². The van der Waals surface area contributed by atoms with Crippen molar-refractivity contribution in [2.75, 3.05) is 33.9 Å². The molecule has 0 fully saturated rings. The van der Waals surface area contributed by atoms with Gasteiger partial charge in [0, 0.05) is 25.7 Å². The number of ether oxygens (including phenoxy) is 1. The second kappa shape index (κ2) is 9.86. The highest BCUT2D eigenvalue weighted by Crippen LogP contribution is 2.17. The van der Waals surface area contributed by atoms with E-state index in [-0.39, 0.29) is 0 Å². The lowest BCUT2D eigenvalue weighted by Crippen LogP contribution is -2.47. The maximum Gasteiger partial charge on any atom is 0.0589 e. The molecule has 3 heteroatoms. The highest BCUT2D eigenvalue weighted by molar-refractivity contribution is 4.79. The van der Waals surface area contributed by atoms with Crippen LogP contribution in [-0.4, -0.2) is 50.8 Å². The predicted octanol–water partition coefficient (Wildman–Crippen LogP) is 2.37. The number of methoxy groups -OCH3 is 1. The SMILES string of the molecule is CCC(CC)N(CCOC)C(C)C(C)CNC. The van der Waals surface area contributed by atoms with Crippen LogP contribution in [0.2, 0.25) is 0 Å². The van der Waals surface area contributed by atoms with Crippen LogP contribution in [0.15, 0.2) is 0 Å². The molecule has 3 nitrogen and oxygen atoms in total. The van der Waals surface area contributed by atoms with Crippen LogP contribution in [0.3, 0.4) is 0 Å². The summed E-state index contributed by atoms with van der Waals surface area (Å²) in [6.45, 7) is 12.2. The Bertz CT molecular complexity index is 172. The molecule has 0 aromatic heterocycles. The van der Waals surface area contributed by atoms with Gasteiger partial charge in [0.05, 0.1) is 6.61 Å². The van der Waals surface area contributed by atoms with Crippen molar-refractivity contribution in [2.45, 2.75) is 52.6 Å². The molecule has 0 radical (unpaired) electrons. The minimum absolute atomic E-state index is 0.600. The molecule has 17 heavy (non-hydrogen) atoms. The maximum atomic E-state index is 5.24. The summed E-state index contributed by atoms with van der Waals surface area (Å²) in [4.78, 5) is 2.62. The van der Waals surface area contributed by atoms with Crippen molar-refractivity contribution >= 4 is 0 Å². The van der Waals surface area contributed by atoms with E-state index >= 15 is 0 Å². The first kappa shape index (κ1) is 16.9. The molecule has 0 aliphatic heterocycles. The van der Waals surface area contributed by atoms with Gasteiger partial charge in [0.25, 0.3) is 0 Å². The second-order valence-electron chi connectivity index (χ2n) is 4.98. The molecule has 0 aliphatic rings. The lowest BCUT2D eigenvalue weighted by Gasteiger charge is -2.38. The van der Waals surface area contributed by atoms with Crippen LogP contribution in [0.5, 0.6) is 0 Å². The van der Waals surface area contributed by atoms with Crippen LogP contribution < -0.4 is 5.32 Å². The largest absolute Gasteiger partial charge is 0.383 e. The van der Waals surface area contributed by atoms with Gasteiger partial charge in [-0.3, -0.25) is 4.90 Å². The Labute approximate surface area is 108 Å². The molecule has 0 saturated heterocycles. The van der Waals surface area contributed by atoms with Crippen LogP contribution in [0.25, 0.3) is 0 Å². The fourth-order valence-electron chi connectivity index (χ4n) is 2.49. The van der Waals surface area contributed by atoms with Crippen molar-refractivity contribution < 1.29 is 4.74 Å². The van der Waals surface area contributed by atoms with E-state index in [2.05, 4.69) is 37.9 Å². The number of rotatable bonds is 10. The first-order chi connectivity index (χ1) is 8.12. The summed E-state index contributed by atoms with van der Waals surface area (Å²) in [6.07, 6.45) is 2.44. The van der Waals surface area contributed by atoms with E-state index < -0.39 is 0 Å². The lowest BCUT2D eigenvalue weighted by atomic mass is 9.98. The van der Waals surface area contributed by atoms with E-state index in [0.717, 1.165) is 19.7 Å². The van der Waals surface area contributed by atoms with Gasteiger partial charge in [0.1, 0.15) is 0 Å². The van der Waals surface area contributed by atoms with Crippen LogP contribution in [0.4, 0.5) is 0 Å². The summed E-state index contributed by atoms with van der Waals surface area (Å²) in [5.41, 5.74) is 0. The third-order valence-electron chi connectivity index (χ3n) is 3.84. The molecule has 0 aromatic carbocycles. The van der Waals surface area contributed by atoms with Crippen molar-refractivity contribution in [2.24, 2.45) is 5.92 Å². The van der Waals surface area contributed by atoms with Gasteiger partial charge in [-0.15, -0.1) is 0 Å². The van der Waals surface area contributed by atoms with Crippen LogP contribution in [-0.2, 0) is 4.74 Å².